The number of amides is 1. The van der Waals surface area contributed by atoms with Gasteiger partial charge in [-0.3, -0.25) is 4.18 Å². The number of hydrogen-bond donors (Lipinski definition) is 0. The zero-order chi connectivity index (χ0) is 24.0. The number of rotatable bonds is 9. The van der Waals surface area contributed by atoms with Crippen LogP contribution in [0.15, 0.2) is 24.3 Å². The number of halogens is 1. The number of benzene rings is 1. The quantitative estimate of drug-likeness (QED) is 0.359. The molecule has 182 valence electrons. The highest BCUT2D eigenvalue weighted by molar-refractivity contribution is 7.85. The van der Waals surface area contributed by atoms with Crippen LogP contribution >= 0.6 is 11.6 Å². The molecule has 1 fully saturated rings. The van der Waals surface area contributed by atoms with Gasteiger partial charge in [-0.2, -0.15) is 8.42 Å². The van der Waals surface area contributed by atoms with Crippen LogP contribution in [0.5, 0.6) is 0 Å². The number of hydrogen-bond acceptors (Lipinski definition) is 6. The molecule has 1 aliphatic rings. The fraction of sp³-hybridized carbons (Fsp3) is 0.696. The summed E-state index contributed by atoms with van der Waals surface area (Å²) >= 11 is 6.32. The maximum Gasteiger partial charge on any atom is 0.410 e. The molecule has 0 radical (unpaired) electrons. The van der Waals surface area contributed by atoms with Crippen molar-refractivity contribution in [2.75, 3.05) is 32.6 Å². The highest BCUT2D eigenvalue weighted by atomic mass is 35.5. The topological polar surface area (TPSA) is 82.1 Å². The van der Waals surface area contributed by atoms with E-state index in [2.05, 4.69) is 6.92 Å². The summed E-state index contributed by atoms with van der Waals surface area (Å²) in [5, 5.41) is 0.596. The fourth-order valence-corrected chi connectivity index (χ4v) is 4.80. The number of ether oxygens (including phenoxy) is 2. The van der Waals surface area contributed by atoms with E-state index in [0.717, 1.165) is 31.1 Å². The lowest BCUT2D eigenvalue weighted by Gasteiger charge is -2.46. The summed E-state index contributed by atoms with van der Waals surface area (Å²) in [5.41, 5.74) is -0.389. The molecule has 9 heteroatoms. The Kier molecular flexibility index (Phi) is 9.40. The van der Waals surface area contributed by atoms with E-state index in [1.54, 1.807) is 4.90 Å². The molecule has 7 nitrogen and oxygen atoms in total. The first-order chi connectivity index (χ1) is 14.9. The lowest BCUT2D eigenvalue weighted by Crippen LogP contribution is -2.50. The van der Waals surface area contributed by atoms with Crippen LogP contribution in [0.2, 0.25) is 5.02 Å². The monoisotopic (exact) mass is 489 g/mol. The molecule has 0 aromatic heterocycles. The SMILES string of the molecule is CCCC(OCCOS(C)(=O)=O)(c1cccc(Cl)c1)C1CCCN(C(=O)OC(C)(C)C)C1. The highest BCUT2D eigenvalue weighted by Gasteiger charge is 2.44. The molecule has 2 rings (SSSR count). The lowest BCUT2D eigenvalue weighted by atomic mass is 9.74. The van der Waals surface area contributed by atoms with Gasteiger partial charge in [0.1, 0.15) is 5.60 Å². The minimum absolute atomic E-state index is 0.0135. The molecule has 0 N–H and O–H groups in total. The van der Waals surface area contributed by atoms with Crippen molar-refractivity contribution in [3.8, 4) is 0 Å². The molecule has 1 saturated heterocycles. The molecule has 0 spiro atoms. The van der Waals surface area contributed by atoms with Crippen LogP contribution in [0.1, 0.15) is 58.9 Å². The smallest absolute Gasteiger partial charge is 0.410 e. The van der Waals surface area contributed by atoms with Gasteiger partial charge in [-0.25, -0.2) is 4.79 Å². The van der Waals surface area contributed by atoms with Crippen molar-refractivity contribution in [1.29, 1.82) is 0 Å². The normalized spacial score (nSPS) is 19.4. The van der Waals surface area contributed by atoms with Gasteiger partial charge < -0.3 is 14.4 Å². The summed E-state index contributed by atoms with van der Waals surface area (Å²) in [6, 6.07) is 7.56. The predicted octanol–water partition coefficient (Wildman–Crippen LogP) is 4.98. The fourth-order valence-electron chi connectivity index (χ4n) is 4.24. The molecule has 0 saturated carbocycles. The number of piperidine rings is 1. The predicted molar refractivity (Wildman–Crippen MR) is 125 cm³/mol. The maximum atomic E-state index is 12.8. The molecule has 1 aromatic rings. The summed E-state index contributed by atoms with van der Waals surface area (Å²) in [6.07, 6.45) is 3.89. The van der Waals surface area contributed by atoms with Gasteiger partial charge in [-0.05, 0) is 57.7 Å². The van der Waals surface area contributed by atoms with Gasteiger partial charge in [-0.15, -0.1) is 0 Å². The molecule has 32 heavy (non-hydrogen) atoms. The summed E-state index contributed by atoms with van der Waals surface area (Å²) in [4.78, 5) is 14.5. The summed E-state index contributed by atoms with van der Waals surface area (Å²) in [7, 11) is -3.56. The van der Waals surface area contributed by atoms with Crippen LogP contribution in [-0.2, 0) is 29.4 Å². The second kappa shape index (κ2) is 11.2. The number of carbonyl (C=O) groups is 1. The molecule has 2 unspecified atom stereocenters. The molecular formula is C23H36ClNO6S. The van der Waals surface area contributed by atoms with Crippen molar-refractivity contribution in [3.05, 3.63) is 34.9 Å². The standard InChI is InChI=1S/C23H36ClNO6S/c1-6-12-23(18-9-7-11-20(24)16-18,29-14-15-30-32(5,27)28)19-10-8-13-25(17-19)21(26)31-22(2,3)4/h7,9,11,16,19H,6,8,10,12-15,17H2,1-5H3. The van der Waals surface area contributed by atoms with Crippen molar-refractivity contribution in [1.82, 2.24) is 4.90 Å². The van der Waals surface area contributed by atoms with E-state index in [0.29, 0.717) is 24.5 Å². The van der Waals surface area contributed by atoms with Crippen LogP contribution in [0.4, 0.5) is 4.79 Å². The first-order valence-electron chi connectivity index (χ1n) is 11.1. The van der Waals surface area contributed by atoms with Gasteiger partial charge in [0.25, 0.3) is 10.1 Å². The Labute approximate surface area is 197 Å². The Morgan fingerprint density at radius 3 is 2.56 bits per heavy atom. The van der Waals surface area contributed by atoms with E-state index in [-0.39, 0.29) is 25.2 Å². The van der Waals surface area contributed by atoms with Crippen molar-refractivity contribution in [2.45, 2.75) is 64.6 Å². The summed E-state index contributed by atoms with van der Waals surface area (Å²) < 4.78 is 39.7. The van der Waals surface area contributed by atoms with Crippen LogP contribution in [0.3, 0.4) is 0 Å². The van der Waals surface area contributed by atoms with Gasteiger partial charge in [-0.1, -0.05) is 37.1 Å². The Hall–Kier alpha value is -1.35. The van der Waals surface area contributed by atoms with Crippen molar-refractivity contribution in [2.24, 2.45) is 5.92 Å². The molecule has 1 aromatic carbocycles. The molecule has 0 aliphatic carbocycles. The molecule has 0 bridgehead atoms. The van der Waals surface area contributed by atoms with Gasteiger partial charge in [0.05, 0.1) is 25.1 Å². The zero-order valence-electron chi connectivity index (χ0n) is 19.7. The van der Waals surface area contributed by atoms with E-state index in [1.807, 2.05) is 45.0 Å². The van der Waals surface area contributed by atoms with Gasteiger partial charge in [0.15, 0.2) is 0 Å². The van der Waals surface area contributed by atoms with Crippen molar-refractivity contribution in [3.63, 3.8) is 0 Å². The molecule has 1 amide bonds. The van der Waals surface area contributed by atoms with E-state index >= 15 is 0 Å². The van der Waals surface area contributed by atoms with Gasteiger partial charge >= 0.3 is 6.09 Å². The minimum Gasteiger partial charge on any atom is -0.444 e. The number of likely N-dealkylation sites (tertiary alicyclic amines) is 1. The third kappa shape index (κ3) is 7.90. The van der Waals surface area contributed by atoms with Crippen molar-refractivity contribution >= 4 is 27.8 Å². The van der Waals surface area contributed by atoms with E-state index in [1.165, 1.54) is 0 Å². The number of carbonyl (C=O) groups excluding carboxylic acids is 1. The lowest BCUT2D eigenvalue weighted by molar-refractivity contribution is -0.121. The second-order valence-corrected chi connectivity index (χ2v) is 11.4. The summed E-state index contributed by atoms with van der Waals surface area (Å²) in [6.45, 7) is 8.76. The highest BCUT2D eigenvalue weighted by Crippen LogP contribution is 2.43. The minimum atomic E-state index is -3.56. The Balaban J connectivity index is 2.34. The largest absolute Gasteiger partial charge is 0.444 e. The first-order valence-corrected chi connectivity index (χ1v) is 13.3. The first kappa shape index (κ1) is 26.9. The third-order valence-electron chi connectivity index (χ3n) is 5.41. The Bertz CT molecular complexity index is 869. The number of nitrogens with zero attached hydrogens (tertiary/aromatic N) is 1. The Morgan fingerprint density at radius 2 is 1.97 bits per heavy atom. The average molecular weight is 490 g/mol. The van der Waals surface area contributed by atoms with E-state index < -0.39 is 21.3 Å². The zero-order valence-corrected chi connectivity index (χ0v) is 21.3. The molecule has 2 atom stereocenters. The molecule has 1 heterocycles. The van der Waals surface area contributed by atoms with Crippen LogP contribution in [0.25, 0.3) is 0 Å². The maximum absolute atomic E-state index is 12.8. The van der Waals surface area contributed by atoms with E-state index in [9.17, 15) is 13.2 Å². The second-order valence-electron chi connectivity index (χ2n) is 9.29. The third-order valence-corrected chi connectivity index (χ3v) is 6.24. The van der Waals surface area contributed by atoms with Crippen LogP contribution < -0.4 is 0 Å². The average Bonchev–Trinajstić information content (AvgIpc) is 2.68. The van der Waals surface area contributed by atoms with Crippen LogP contribution in [0, 0.1) is 5.92 Å². The molecule has 1 aliphatic heterocycles. The van der Waals surface area contributed by atoms with Gasteiger partial charge in [0.2, 0.25) is 0 Å². The van der Waals surface area contributed by atoms with Crippen molar-refractivity contribution < 1.29 is 26.9 Å². The summed E-state index contributed by atoms with van der Waals surface area (Å²) in [5.74, 6) is -0.0135. The Morgan fingerprint density at radius 1 is 1.25 bits per heavy atom. The molecular weight excluding hydrogens is 454 g/mol. The van der Waals surface area contributed by atoms with Gasteiger partial charge in [0, 0.05) is 24.0 Å². The van der Waals surface area contributed by atoms with E-state index in [4.69, 9.17) is 25.3 Å². The van der Waals surface area contributed by atoms with Crippen LogP contribution in [-0.4, -0.2) is 57.6 Å².